The predicted molar refractivity (Wildman–Crippen MR) is 58.6 cm³/mol. The molecule has 2 rings (SSSR count). The second kappa shape index (κ2) is 4.18. The second-order valence-corrected chi connectivity index (χ2v) is 3.82. The quantitative estimate of drug-likeness (QED) is 0.895. The van der Waals surface area contributed by atoms with Crippen LogP contribution in [0.5, 0.6) is 0 Å². The first-order valence-electron chi connectivity index (χ1n) is 4.65. The van der Waals surface area contributed by atoms with Crippen molar-refractivity contribution in [1.82, 2.24) is 5.16 Å². The highest BCUT2D eigenvalue weighted by molar-refractivity contribution is 6.35. The third-order valence-electron chi connectivity index (χ3n) is 2.26. The van der Waals surface area contributed by atoms with Gasteiger partial charge in [-0.25, -0.2) is 9.18 Å². The molecule has 88 valence electrons. The van der Waals surface area contributed by atoms with E-state index in [4.69, 9.17) is 21.2 Å². The van der Waals surface area contributed by atoms with Crippen LogP contribution in [-0.2, 0) is 0 Å². The largest absolute Gasteiger partial charge is 0.476 e. The van der Waals surface area contributed by atoms with E-state index in [0.29, 0.717) is 11.1 Å². The number of carboxylic acids is 1. The van der Waals surface area contributed by atoms with Crippen LogP contribution in [-0.4, -0.2) is 16.2 Å². The van der Waals surface area contributed by atoms with Crippen molar-refractivity contribution < 1.29 is 18.8 Å². The van der Waals surface area contributed by atoms with Gasteiger partial charge in [0.05, 0.1) is 0 Å². The number of carbonyl (C=O) groups is 1. The SMILES string of the molecule is Cc1cc(-c2onc(C(=O)O)c2Cl)ccc1F. The number of carboxylic acid groups (broad SMARTS) is 1. The lowest BCUT2D eigenvalue weighted by Gasteiger charge is -1.99. The minimum atomic E-state index is -1.27. The van der Waals surface area contributed by atoms with E-state index in [1.165, 1.54) is 18.2 Å². The molecule has 2 aromatic rings. The van der Waals surface area contributed by atoms with Crippen molar-refractivity contribution >= 4 is 17.6 Å². The molecule has 0 aliphatic heterocycles. The van der Waals surface area contributed by atoms with Crippen molar-refractivity contribution in [2.24, 2.45) is 0 Å². The van der Waals surface area contributed by atoms with Gasteiger partial charge in [0, 0.05) is 5.56 Å². The molecule has 0 unspecified atom stereocenters. The molecule has 0 bridgehead atoms. The molecule has 0 atom stereocenters. The normalized spacial score (nSPS) is 10.5. The fourth-order valence-electron chi connectivity index (χ4n) is 1.38. The van der Waals surface area contributed by atoms with E-state index in [1.807, 2.05) is 0 Å². The number of hydrogen-bond donors (Lipinski definition) is 1. The van der Waals surface area contributed by atoms with Crippen molar-refractivity contribution in [2.45, 2.75) is 6.92 Å². The van der Waals surface area contributed by atoms with Gasteiger partial charge >= 0.3 is 5.97 Å². The Bertz CT molecular complexity index is 594. The lowest BCUT2D eigenvalue weighted by Crippen LogP contribution is -1.96. The van der Waals surface area contributed by atoms with Gasteiger partial charge in [-0.1, -0.05) is 16.8 Å². The van der Waals surface area contributed by atoms with Crippen molar-refractivity contribution in [3.63, 3.8) is 0 Å². The van der Waals surface area contributed by atoms with E-state index in [1.54, 1.807) is 6.92 Å². The highest BCUT2D eigenvalue weighted by Crippen LogP contribution is 2.31. The number of benzene rings is 1. The average molecular weight is 256 g/mol. The number of nitrogens with zero attached hydrogens (tertiary/aromatic N) is 1. The van der Waals surface area contributed by atoms with Gasteiger partial charge in [-0.15, -0.1) is 0 Å². The van der Waals surface area contributed by atoms with Crippen LogP contribution < -0.4 is 0 Å². The molecular weight excluding hydrogens is 249 g/mol. The van der Waals surface area contributed by atoms with E-state index < -0.39 is 5.97 Å². The predicted octanol–water partition coefficient (Wildman–Crippen LogP) is 3.14. The fraction of sp³-hybridized carbons (Fsp3) is 0.0909. The molecule has 0 saturated heterocycles. The number of rotatable bonds is 2. The summed E-state index contributed by atoms with van der Waals surface area (Å²) in [5.41, 5.74) is 0.532. The molecule has 1 aromatic carbocycles. The number of aromatic nitrogens is 1. The number of aryl methyl sites for hydroxylation is 1. The molecule has 0 fully saturated rings. The molecule has 0 amide bonds. The summed E-state index contributed by atoms with van der Waals surface area (Å²) in [6, 6.07) is 4.21. The van der Waals surface area contributed by atoms with Gasteiger partial charge in [0.2, 0.25) is 5.69 Å². The number of hydrogen-bond acceptors (Lipinski definition) is 3. The van der Waals surface area contributed by atoms with Gasteiger partial charge in [0.15, 0.2) is 5.76 Å². The van der Waals surface area contributed by atoms with Crippen molar-refractivity contribution in [2.75, 3.05) is 0 Å². The zero-order valence-electron chi connectivity index (χ0n) is 8.70. The highest BCUT2D eigenvalue weighted by atomic mass is 35.5. The van der Waals surface area contributed by atoms with Gasteiger partial charge in [-0.05, 0) is 30.7 Å². The van der Waals surface area contributed by atoms with E-state index >= 15 is 0 Å². The Balaban J connectivity index is 2.53. The van der Waals surface area contributed by atoms with E-state index in [0.717, 1.165) is 0 Å². The van der Waals surface area contributed by atoms with Gasteiger partial charge in [-0.3, -0.25) is 0 Å². The van der Waals surface area contributed by atoms with Crippen LogP contribution in [0.15, 0.2) is 22.7 Å². The Kier molecular flexibility index (Phi) is 2.85. The first kappa shape index (κ1) is 11.6. The summed E-state index contributed by atoms with van der Waals surface area (Å²) in [5.74, 6) is -1.51. The maximum absolute atomic E-state index is 13.1. The van der Waals surface area contributed by atoms with E-state index in [9.17, 15) is 9.18 Å². The minimum Gasteiger partial charge on any atom is -0.476 e. The van der Waals surface area contributed by atoms with Crippen LogP contribution in [0, 0.1) is 12.7 Å². The molecule has 0 spiro atoms. The third-order valence-corrected chi connectivity index (χ3v) is 2.61. The van der Waals surface area contributed by atoms with Gasteiger partial charge in [-0.2, -0.15) is 0 Å². The topological polar surface area (TPSA) is 63.3 Å². The molecule has 4 nitrogen and oxygen atoms in total. The zero-order chi connectivity index (χ0) is 12.6. The number of halogens is 2. The smallest absolute Gasteiger partial charge is 0.359 e. The van der Waals surface area contributed by atoms with Crippen molar-refractivity contribution in [3.8, 4) is 11.3 Å². The van der Waals surface area contributed by atoms with E-state index in [-0.39, 0.29) is 22.3 Å². The van der Waals surface area contributed by atoms with Crippen molar-refractivity contribution in [3.05, 3.63) is 40.3 Å². The number of aromatic carboxylic acids is 1. The molecule has 1 heterocycles. The summed E-state index contributed by atoms with van der Waals surface area (Å²) in [7, 11) is 0. The minimum absolute atomic E-state index is 0.0940. The molecule has 0 radical (unpaired) electrons. The van der Waals surface area contributed by atoms with Crippen LogP contribution in [0.1, 0.15) is 16.1 Å². The van der Waals surface area contributed by atoms with Crippen LogP contribution in [0.3, 0.4) is 0 Å². The molecule has 17 heavy (non-hydrogen) atoms. The lowest BCUT2D eigenvalue weighted by atomic mass is 10.1. The summed E-state index contributed by atoms with van der Waals surface area (Å²) in [6.07, 6.45) is 0. The third kappa shape index (κ3) is 2.01. The Morgan fingerprint density at radius 1 is 1.53 bits per heavy atom. The Labute approximate surface area is 101 Å². The second-order valence-electron chi connectivity index (χ2n) is 3.44. The van der Waals surface area contributed by atoms with Crippen LogP contribution in [0.25, 0.3) is 11.3 Å². The maximum Gasteiger partial charge on any atom is 0.359 e. The van der Waals surface area contributed by atoms with Gasteiger partial charge in [0.1, 0.15) is 10.8 Å². The summed E-state index contributed by atoms with van der Waals surface area (Å²) in [4.78, 5) is 10.7. The zero-order valence-corrected chi connectivity index (χ0v) is 9.45. The molecular formula is C11H7ClFNO3. The van der Waals surface area contributed by atoms with Crippen molar-refractivity contribution in [1.29, 1.82) is 0 Å². The maximum atomic E-state index is 13.1. The molecule has 1 N–H and O–H groups in total. The molecule has 6 heteroatoms. The summed E-state index contributed by atoms with van der Waals surface area (Å²) < 4.78 is 17.9. The van der Waals surface area contributed by atoms with Gasteiger partial charge in [0.25, 0.3) is 0 Å². The monoisotopic (exact) mass is 255 g/mol. The van der Waals surface area contributed by atoms with E-state index in [2.05, 4.69) is 5.16 Å². The first-order valence-corrected chi connectivity index (χ1v) is 5.03. The highest BCUT2D eigenvalue weighted by Gasteiger charge is 2.21. The Hall–Kier alpha value is -1.88. The molecule has 0 aliphatic carbocycles. The Morgan fingerprint density at radius 2 is 2.24 bits per heavy atom. The van der Waals surface area contributed by atoms with Crippen LogP contribution in [0.4, 0.5) is 4.39 Å². The summed E-state index contributed by atoms with van der Waals surface area (Å²) in [6.45, 7) is 1.58. The first-order chi connectivity index (χ1) is 8.00. The lowest BCUT2D eigenvalue weighted by molar-refractivity contribution is 0.0686. The average Bonchev–Trinajstić information content (AvgIpc) is 2.64. The molecule has 0 aliphatic rings. The molecule has 0 saturated carbocycles. The fourth-order valence-corrected chi connectivity index (χ4v) is 1.64. The Morgan fingerprint density at radius 3 is 2.76 bits per heavy atom. The standard InChI is InChI=1S/C11H7ClFNO3/c1-5-4-6(2-3-7(5)13)10-8(12)9(11(15)16)14-17-10/h2-4H,1H3,(H,15,16). The van der Waals surface area contributed by atoms with Gasteiger partial charge < -0.3 is 9.63 Å². The van der Waals surface area contributed by atoms with Crippen LogP contribution in [0.2, 0.25) is 5.02 Å². The van der Waals surface area contributed by atoms with Crippen LogP contribution >= 0.6 is 11.6 Å². The molecule has 1 aromatic heterocycles. The summed E-state index contributed by atoms with van der Waals surface area (Å²) in [5, 5.41) is 12.0. The summed E-state index contributed by atoms with van der Waals surface area (Å²) >= 11 is 5.82.